The summed E-state index contributed by atoms with van der Waals surface area (Å²) in [5, 5.41) is 4.60. The molecule has 0 spiro atoms. The van der Waals surface area contributed by atoms with Gasteiger partial charge in [0.15, 0.2) is 11.5 Å². The van der Waals surface area contributed by atoms with Gasteiger partial charge in [-0.3, -0.25) is 0 Å². The topological polar surface area (TPSA) is 59.6 Å². The number of carbonyl (C=O) groups is 1. The Balaban J connectivity index is 1.65. The number of rotatable bonds is 3. The molecule has 0 fully saturated rings. The monoisotopic (exact) mass is 372 g/mol. The van der Waals surface area contributed by atoms with E-state index in [1.807, 2.05) is 0 Å². The van der Waals surface area contributed by atoms with Crippen LogP contribution in [-0.2, 0) is 12.7 Å². The van der Waals surface area contributed by atoms with Gasteiger partial charge in [-0.15, -0.1) is 0 Å². The first-order chi connectivity index (χ1) is 11.8. The van der Waals surface area contributed by atoms with Crippen molar-refractivity contribution in [3.63, 3.8) is 0 Å². The zero-order valence-electron chi connectivity index (χ0n) is 12.6. The van der Waals surface area contributed by atoms with E-state index in [1.54, 1.807) is 18.2 Å². The van der Waals surface area contributed by atoms with E-state index in [4.69, 9.17) is 21.1 Å². The fourth-order valence-electron chi connectivity index (χ4n) is 2.26. The van der Waals surface area contributed by atoms with Crippen molar-refractivity contribution in [2.24, 2.45) is 0 Å². The Bertz CT molecular complexity index is 812. The molecular formula is C16H12ClF3N2O3. The Hall–Kier alpha value is -2.61. The van der Waals surface area contributed by atoms with Gasteiger partial charge in [0.25, 0.3) is 0 Å². The highest BCUT2D eigenvalue weighted by molar-refractivity contribution is 6.30. The molecule has 3 rings (SSSR count). The van der Waals surface area contributed by atoms with Crippen molar-refractivity contribution in [3.05, 3.63) is 52.5 Å². The van der Waals surface area contributed by atoms with Gasteiger partial charge in [0.2, 0.25) is 6.79 Å². The fourth-order valence-corrected chi connectivity index (χ4v) is 2.43. The van der Waals surface area contributed by atoms with Crippen LogP contribution in [0.3, 0.4) is 0 Å². The summed E-state index contributed by atoms with van der Waals surface area (Å²) in [4.78, 5) is 11.9. The number of alkyl halides is 3. The summed E-state index contributed by atoms with van der Waals surface area (Å²) in [6.45, 7) is 0.237. The molecule has 0 aromatic heterocycles. The second-order valence-electron chi connectivity index (χ2n) is 5.18. The molecule has 5 nitrogen and oxygen atoms in total. The third kappa shape index (κ3) is 4.08. The molecule has 0 bridgehead atoms. The van der Waals surface area contributed by atoms with E-state index in [2.05, 4.69) is 10.6 Å². The van der Waals surface area contributed by atoms with E-state index < -0.39 is 17.8 Å². The molecule has 0 saturated carbocycles. The summed E-state index contributed by atoms with van der Waals surface area (Å²) in [6, 6.07) is 7.46. The molecule has 2 aromatic rings. The lowest BCUT2D eigenvalue weighted by Gasteiger charge is -2.14. The van der Waals surface area contributed by atoms with Crippen LogP contribution in [0.15, 0.2) is 36.4 Å². The lowest BCUT2D eigenvalue weighted by atomic mass is 10.1. The Morgan fingerprint density at radius 3 is 2.64 bits per heavy atom. The highest BCUT2D eigenvalue weighted by Gasteiger charge is 2.34. The van der Waals surface area contributed by atoms with E-state index in [-0.39, 0.29) is 24.0 Å². The molecule has 9 heteroatoms. The first-order valence-electron chi connectivity index (χ1n) is 7.13. The van der Waals surface area contributed by atoms with Gasteiger partial charge in [-0.1, -0.05) is 17.7 Å². The van der Waals surface area contributed by atoms with Gasteiger partial charge in [0.05, 0.1) is 11.3 Å². The van der Waals surface area contributed by atoms with Crippen molar-refractivity contribution in [2.75, 3.05) is 12.1 Å². The van der Waals surface area contributed by atoms with Crippen molar-refractivity contribution in [1.82, 2.24) is 5.32 Å². The number of anilines is 1. The van der Waals surface area contributed by atoms with Crippen molar-refractivity contribution in [1.29, 1.82) is 0 Å². The minimum atomic E-state index is -4.63. The molecule has 0 unspecified atom stereocenters. The van der Waals surface area contributed by atoms with Crippen LogP contribution in [0.2, 0.25) is 5.02 Å². The molecule has 0 saturated heterocycles. The predicted octanol–water partition coefficient (Wildman–Crippen LogP) is 4.41. The summed E-state index contributed by atoms with van der Waals surface area (Å²) in [5.74, 6) is 1.15. The Labute approximate surface area is 145 Å². The molecule has 1 aliphatic rings. The van der Waals surface area contributed by atoms with E-state index in [9.17, 15) is 18.0 Å². The number of halogens is 4. The number of amides is 2. The summed E-state index contributed by atoms with van der Waals surface area (Å²) in [6.07, 6.45) is -4.63. The highest BCUT2D eigenvalue weighted by Crippen LogP contribution is 2.36. The number of hydrogen-bond acceptors (Lipinski definition) is 3. The summed E-state index contributed by atoms with van der Waals surface area (Å²) in [7, 11) is 0. The standard InChI is InChI=1S/C16H12ClF3N2O3/c17-10-2-3-12(11(6-10)16(18,19)20)22-15(23)21-7-9-1-4-13-14(5-9)25-8-24-13/h1-6H,7-8H2,(H2,21,22,23). The van der Waals surface area contributed by atoms with Crippen LogP contribution in [0.4, 0.5) is 23.7 Å². The van der Waals surface area contributed by atoms with Gasteiger partial charge in [0, 0.05) is 11.6 Å². The zero-order valence-corrected chi connectivity index (χ0v) is 13.4. The lowest BCUT2D eigenvalue weighted by Crippen LogP contribution is -2.29. The molecule has 2 amide bonds. The first kappa shape index (κ1) is 17.2. The van der Waals surface area contributed by atoms with Gasteiger partial charge in [-0.2, -0.15) is 13.2 Å². The molecule has 0 aliphatic carbocycles. The normalized spacial score (nSPS) is 12.8. The second kappa shape index (κ2) is 6.72. The van der Waals surface area contributed by atoms with Crippen LogP contribution >= 0.6 is 11.6 Å². The lowest BCUT2D eigenvalue weighted by molar-refractivity contribution is -0.136. The maximum absolute atomic E-state index is 13.0. The second-order valence-corrected chi connectivity index (χ2v) is 5.62. The molecule has 2 N–H and O–H groups in total. The van der Waals surface area contributed by atoms with Crippen LogP contribution in [0.1, 0.15) is 11.1 Å². The number of urea groups is 1. The smallest absolute Gasteiger partial charge is 0.418 e. The molecule has 0 atom stereocenters. The van der Waals surface area contributed by atoms with Gasteiger partial charge < -0.3 is 20.1 Å². The van der Waals surface area contributed by atoms with Gasteiger partial charge in [-0.05, 0) is 35.9 Å². The van der Waals surface area contributed by atoms with Crippen LogP contribution in [0, 0.1) is 0 Å². The van der Waals surface area contributed by atoms with Gasteiger partial charge >= 0.3 is 12.2 Å². The molecule has 2 aromatic carbocycles. The molecule has 1 heterocycles. The maximum Gasteiger partial charge on any atom is 0.418 e. The fraction of sp³-hybridized carbons (Fsp3) is 0.188. The summed E-state index contributed by atoms with van der Waals surface area (Å²) in [5.41, 5.74) is -0.676. The van der Waals surface area contributed by atoms with Crippen molar-refractivity contribution < 1.29 is 27.4 Å². The number of ether oxygens (including phenoxy) is 2. The van der Waals surface area contributed by atoms with Gasteiger partial charge in [-0.25, -0.2) is 4.79 Å². The molecule has 132 valence electrons. The summed E-state index contributed by atoms with van der Waals surface area (Å²) < 4.78 is 49.4. The number of carbonyl (C=O) groups excluding carboxylic acids is 1. The number of fused-ring (bicyclic) bond motifs is 1. The first-order valence-corrected chi connectivity index (χ1v) is 7.51. The SMILES string of the molecule is O=C(NCc1ccc2c(c1)OCO2)Nc1ccc(Cl)cc1C(F)(F)F. The van der Waals surface area contributed by atoms with E-state index in [0.717, 1.165) is 12.1 Å². The summed E-state index contributed by atoms with van der Waals surface area (Å²) >= 11 is 5.60. The quantitative estimate of drug-likeness (QED) is 0.839. The van der Waals surface area contributed by atoms with Crippen molar-refractivity contribution in [2.45, 2.75) is 12.7 Å². The zero-order chi connectivity index (χ0) is 18.0. The minimum absolute atomic E-state index is 0.0707. The predicted molar refractivity (Wildman–Crippen MR) is 84.9 cm³/mol. The third-order valence-corrected chi connectivity index (χ3v) is 3.66. The largest absolute Gasteiger partial charge is 0.454 e. The van der Waals surface area contributed by atoms with E-state index in [0.29, 0.717) is 17.1 Å². The number of hydrogen-bond donors (Lipinski definition) is 2. The van der Waals surface area contributed by atoms with Crippen LogP contribution in [-0.4, -0.2) is 12.8 Å². The average Bonchev–Trinajstić information content (AvgIpc) is 3.01. The van der Waals surface area contributed by atoms with Crippen molar-refractivity contribution >= 4 is 23.3 Å². The molecular weight excluding hydrogens is 361 g/mol. The third-order valence-electron chi connectivity index (χ3n) is 3.43. The van der Waals surface area contributed by atoms with E-state index in [1.165, 1.54) is 6.07 Å². The van der Waals surface area contributed by atoms with Crippen LogP contribution < -0.4 is 20.1 Å². The highest BCUT2D eigenvalue weighted by atomic mass is 35.5. The van der Waals surface area contributed by atoms with Crippen molar-refractivity contribution in [3.8, 4) is 11.5 Å². The number of nitrogens with one attached hydrogen (secondary N) is 2. The maximum atomic E-state index is 13.0. The van der Waals surface area contributed by atoms with Gasteiger partial charge in [0.1, 0.15) is 0 Å². The molecule has 25 heavy (non-hydrogen) atoms. The number of benzene rings is 2. The Kier molecular flexibility index (Phi) is 4.63. The van der Waals surface area contributed by atoms with Crippen LogP contribution in [0.25, 0.3) is 0 Å². The molecule has 1 aliphatic heterocycles. The minimum Gasteiger partial charge on any atom is -0.454 e. The molecule has 0 radical (unpaired) electrons. The van der Waals surface area contributed by atoms with E-state index >= 15 is 0 Å². The average molecular weight is 373 g/mol. The Morgan fingerprint density at radius 1 is 1.12 bits per heavy atom. The Morgan fingerprint density at radius 2 is 1.88 bits per heavy atom. The van der Waals surface area contributed by atoms with Crippen LogP contribution in [0.5, 0.6) is 11.5 Å².